The largest absolute Gasteiger partial charge is 0.395 e. The second-order valence-corrected chi connectivity index (χ2v) is 7.60. The summed E-state index contributed by atoms with van der Waals surface area (Å²) in [4.78, 5) is 33.0. The van der Waals surface area contributed by atoms with Gasteiger partial charge in [0.1, 0.15) is 4.83 Å². The highest BCUT2D eigenvalue weighted by Gasteiger charge is 2.18. The van der Waals surface area contributed by atoms with Gasteiger partial charge < -0.3 is 15.1 Å². The molecule has 2 heterocycles. The molecule has 0 unspecified atom stereocenters. The molecule has 2 N–H and O–H groups in total. The molecule has 0 aliphatic rings. The predicted molar refractivity (Wildman–Crippen MR) is 109 cm³/mol. The number of aromatic nitrogens is 2. The Balaban J connectivity index is 1.90. The van der Waals surface area contributed by atoms with Gasteiger partial charge in [-0.25, -0.2) is 4.98 Å². The van der Waals surface area contributed by atoms with Crippen molar-refractivity contribution in [2.24, 2.45) is 0 Å². The Morgan fingerprint density at radius 3 is 2.50 bits per heavy atom. The molecule has 28 heavy (non-hydrogen) atoms. The summed E-state index contributed by atoms with van der Waals surface area (Å²) in [5, 5.41) is 18.7. The molecule has 8 heteroatoms. The van der Waals surface area contributed by atoms with Crippen LogP contribution in [0, 0.1) is 6.92 Å². The number of carbonyl (C=O) groups excluding carboxylic acids is 1. The van der Waals surface area contributed by atoms with Gasteiger partial charge in [-0.2, -0.15) is 0 Å². The summed E-state index contributed by atoms with van der Waals surface area (Å²) in [6.45, 7) is 2.14. The first kappa shape index (κ1) is 20.2. The first-order valence-corrected chi connectivity index (χ1v) is 9.92. The number of hydrogen-bond donors (Lipinski definition) is 2. The molecule has 0 radical (unpaired) electrons. The number of rotatable bonds is 8. The molecular formula is C20H23N3O4S. The summed E-state index contributed by atoms with van der Waals surface area (Å²) in [5.41, 5.74) is 1.69. The monoisotopic (exact) mass is 401 g/mol. The molecule has 0 bridgehead atoms. The van der Waals surface area contributed by atoms with E-state index < -0.39 is 0 Å². The molecule has 0 fully saturated rings. The van der Waals surface area contributed by atoms with Gasteiger partial charge in [0.2, 0.25) is 5.91 Å². The minimum Gasteiger partial charge on any atom is -0.395 e. The van der Waals surface area contributed by atoms with E-state index in [4.69, 9.17) is 10.2 Å². The molecule has 7 nitrogen and oxygen atoms in total. The highest BCUT2D eigenvalue weighted by Crippen LogP contribution is 2.35. The first-order valence-electron chi connectivity index (χ1n) is 9.10. The topological polar surface area (TPSA) is 95.7 Å². The van der Waals surface area contributed by atoms with Crippen molar-refractivity contribution in [2.45, 2.75) is 19.9 Å². The van der Waals surface area contributed by atoms with Gasteiger partial charge in [-0.1, -0.05) is 30.3 Å². The lowest BCUT2D eigenvalue weighted by atomic mass is 10.0. The van der Waals surface area contributed by atoms with Gasteiger partial charge in [-0.15, -0.1) is 11.3 Å². The summed E-state index contributed by atoms with van der Waals surface area (Å²) in [5.74, 6) is -0.222. The lowest BCUT2D eigenvalue weighted by Crippen LogP contribution is -2.36. The third-order valence-corrected chi connectivity index (χ3v) is 5.59. The van der Waals surface area contributed by atoms with E-state index in [2.05, 4.69) is 4.98 Å². The number of fused-ring (bicyclic) bond motifs is 1. The Morgan fingerprint density at radius 1 is 1.18 bits per heavy atom. The van der Waals surface area contributed by atoms with E-state index in [9.17, 15) is 9.59 Å². The molecule has 1 aromatic carbocycles. The number of nitrogens with zero attached hydrogens (tertiary/aromatic N) is 3. The van der Waals surface area contributed by atoms with Crippen LogP contribution in [0.4, 0.5) is 0 Å². The van der Waals surface area contributed by atoms with Crippen molar-refractivity contribution in [3.05, 3.63) is 51.9 Å². The molecule has 0 saturated heterocycles. The lowest BCUT2D eigenvalue weighted by Gasteiger charge is -2.20. The minimum absolute atomic E-state index is 0.0941. The van der Waals surface area contributed by atoms with Gasteiger partial charge in [-0.3, -0.25) is 14.2 Å². The first-order chi connectivity index (χ1) is 13.6. The molecule has 0 saturated carbocycles. The van der Waals surface area contributed by atoms with Gasteiger partial charge in [0.25, 0.3) is 5.56 Å². The molecule has 0 aliphatic carbocycles. The Kier molecular flexibility index (Phi) is 6.56. The van der Waals surface area contributed by atoms with Crippen molar-refractivity contribution >= 4 is 27.5 Å². The van der Waals surface area contributed by atoms with E-state index in [1.54, 1.807) is 0 Å². The predicted octanol–water partition coefficient (Wildman–Crippen LogP) is 1.64. The second kappa shape index (κ2) is 9.09. The summed E-state index contributed by atoms with van der Waals surface area (Å²) in [7, 11) is 0. The fourth-order valence-corrected chi connectivity index (χ4v) is 4.23. The van der Waals surface area contributed by atoms with Crippen LogP contribution in [-0.2, 0) is 11.3 Å². The van der Waals surface area contributed by atoms with Crippen LogP contribution in [0.3, 0.4) is 0 Å². The Hall–Kier alpha value is -2.55. The van der Waals surface area contributed by atoms with Crippen molar-refractivity contribution in [2.75, 3.05) is 26.3 Å². The zero-order valence-electron chi connectivity index (χ0n) is 15.7. The van der Waals surface area contributed by atoms with Crippen molar-refractivity contribution < 1.29 is 15.0 Å². The molecular weight excluding hydrogens is 378 g/mol. The van der Waals surface area contributed by atoms with Crippen LogP contribution in [-0.4, -0.2) is 56.9 Å². The average molecular weight is 401 g/mol. The number of aliphatic hydroxyl groups is 2. The molecule has 3 aromatic rings. The fraction of sp³-hybridized carbons (Fsp3) is 0.350. The number of aryl methyl sites for hydroxylation is 2. The third-order valence-electron chi connectivity index (χ3n) is 4.58. The molecule has 0 atom stereocenters. The molecule has 0 spiro atoms. The van der Waals surface area contributed by atoms with E-state index in [1.165, 1.54) is 27.1 Å². The zero-order chi connectivity index (χ0) is 20.1. The van der Waals surface area contributed by atoms with Crippen LogP contribution in [0.25, 0.3) is 21.3 Å². The number of carbonyl (C=O) groups is 1. The van der Waals surface area contributed by atoms with Crippen molar-refractivity contribution in [1.29, 1.82) is 0 Å². The second-order valence-electron chi connectivity index (χ2n) is 6.40. The normalized spacial score (nSPS) is 11.1. The molecule has 0 aliphatic heterocycles. The van der Waals surface area contributed by atoms with Crippen LogP contribution in [0.15, 0.2) is 41.5 Å². The van der Waals surface area contributed by atoms with Crippen LogP contribution in [0.1, 0.15) is 11.3 Å². The van der Waals surface area contributed by atoms with E-state index in [-0.39, 0.29) is 50.7 Å². The van der Waals surface area contributed by atoms with Gasteiger partial charge in [0.15, 0.2) is 0 Å². The maximum atomic E-state index is 13.1. The zero-order valence-corrected chi connectivity index (χ0v) is 16.5. The minimum atomic E-state index is -0.222. The lowest BCUT2D eigenvalue weighted by molar-refractivity contribution is -0.132. The van der Waals surface area contributed by atoms with Crippen LogP contribution in [0.2, 0.25) is 0 Å². The highest BCUT2D eigenvalue weighted by molar-refractivity contribution is 7.19. The van der Waals surface area contributed by atoms with E-state index in [0.29, 0.717) is 10.2 Å². The molecule has 2 aromatic heterocycles. The number of amides is 1. The number of aliphatic hydroxyl groups excluding tert-OH is 2. The summed E-state index contributed by atoms with van der Waals surface area (Å²) < 4.78 is 1.45. The maximum absolute atomic E-state index is 13.1. The summed E-state index contributed by atoms with van der Waals surface area (Å²) in [6.07, 6.45) is 1.57. The van der Waals surface area contributed by atoms with Gasteiger partial charge in [-0.05, 0) is 12.5 Å². The van der Waals surface area contributed by atoms with Crippen molar-refractivity contribution in [3.63, 3.8) is 0 Å². The quantitative estimate of drug-likeness (QED) is 0.598. The standard InChI is InChI=1S/C20H23N3O4S/c1-14-17(15-5-3-2-4-6-15)18-19(28-14)21-13-23(20(18)27)8-7-16(26)22(9-11-24)10-12-25/h2-6,13,24-25H,7-12H2,1H3. The number of benzene rings is 1. The molecule has 3 rings (SSSR count). The smallest absolute Gasteiger partial charge is 0.262 e. The average Bonchev–Trinajstić information content (AvgIpc) is 3.04. The maximum Gasteiger partial charge on any atom is 0.262 e. The fourth-order valence-electron chi connectivity index (χ4n) is 3.23. The van der Waals surface area contributed by atoms with E-state index >= 15 is 0 Å². The van der Waals surface area contributed by atoms with E-state index in [0.717, 1.165) is 16.0 Å². The van der Waals surface area contributed by atoms with E-state index in [1.807, 2.05) is 37.3 Å². The molecule has 148 valence electrons. The van der Waals surface area contributed by atoms with Gasteiger partial charge in [0.05, 0.1) is 24.9 Å². The van der Waals surface area contributed by atoms with Crippen LogP contribution >= 0.6 is 11.3 Å². The third kappa shape index (κ3) is 4.14. The SMILES string of the molecule is Cc1sc2ncn(CCC(=O)N(CCO)CCO)c(=O)c2c1-c1ccccc1. The Bertz CT molecular complexity index is 1010. The van der Waals surface area contributed by atoms with Gasteiger partial charge >= 0.3 is 0 Å². The van der Waals surface area contributed by atoms with Crippen molar-refractivity contribution in [3.8, 4) is 11.1 Å². The Morgan fingerprint density at radius 2 is 1.86 bits per heavy atom. The molecule has 1 amide bonds. The number of hydrogen-bond acceptors (Lipinski definition) is 6. The summed E-state index contributed by atoms with van der Waals surface area (Å²) >= 11 is 1.48. The highest BCUT2D eigenvalue weighted by atomic mass is 32.1. The van der Waals surface area contributed by atoms with Crippen LogP contribution < -0.4 is 5.56 Å². The summed E-state index contributed by atoms with van der Waals surface area (Å²) in [6, 6.07) is 9.73. The Labute approximate surface area is 166 Å². The van der Waals surface area contributed by atoms with Crippen molar-refractivity contribution in [1.82, 2.24) is 14.5 Å². The van der Waals surface area contributed by atoms with Crippen LogP contribution in [0.5, 0.6) is 0 Å². The van der Waals surface area contributed by atoms with Gasteiger partial charge in [0, 0.05) is 36.5 Å². The number of thiophene rings is 1.